The zero-order chi connectivity index (χ0) is 11.5. The summed E-state index contributed by atoms with van der Waals surface area (Å²) in [6, 6.07) is 0. The maximum absolute atomic E-state index is 11.2. The fraction of sp³-hybridized carbons (Fsp3) is 0.909. The highest BCUT2D eigenvalue weighted by Crippen LogP contribution is 2.34. The van der Waals surface area contributed by atoms with Crippen molar-refractivity contribution in [2.75, 3.05) is 20.2 Å². The van der Waals surface area contributed by atoms with Crippen molar-refractivity contribution >= 4 is 5.97 Å². The predicted molar refractivity (Wildman–Crippen MR) is 57.9 cm³/mol. The molecule has 1 atom stereocenters. The summed E-state index contributed by atoms with van der Waals surface area (Å²) >= 11 is 0. The van der Waals surface area contributed by atoms with Crippen LogP contribution < -0.4 is 5.32 Å². The second-order valence-corrected chi connectivity index (χ2v) is 4.98. The highest BCUT2D eigenvalue weighted by atomic mass is 16.5. The van der Waals surface area contributed by atoms with Gasteiger partial charge in [0, 0.05) is 13.7 Å². The van der Waals surface area contributed by atoms with Gasteiger partial charge in [0.25, 0.3) is 0 Å². The van der Waals surface area contributed by atoms with Gasteiger partial charge in [-0.3, -0.25) is 4.79 Å². The molecule has 0 saturated carbocycles. The average Bonchev–Trinajstić information content (AvgIpc) is 2.65. The molecule has 1 rings (SSSR count). The predicted octanol–water partition coefficient (Wildman–Crippen LogP) is 1.26. The van der Waals surface area contributed by atoms with Crippen LogP contribution in [-0.4, -0.2) is 36.9 Å². The molecule has 1 aliphatic rings. The van der Waals surface area contributed by atoms with E-state index in [-0.39, 0.29) is 5.60 Å². The Morgan fingerprint density at radius 3 is 2.67 bits per heavy atom. The lowest BCUT2D eigenvalue weighted by molar-refractivity contribution is -0.148. The molecule has 4 nitrogen and oxygen atoms in total. The minimum atomic E-state index is -0.681. The highest BCUT2D eigenvalue weighted by Gasteiger charge is 2.42. The number of ether oxygens (including phenoxy) is 1. The molecule has 0 aromatic carbocycles. The van der Waals surface area contributed by atoms with E-state index in [1.807, 2.05) is 13.8 Å². The van der Waals surface area contributed by atoms with Crippen LogP contribution in [-0.2, 0) is 9.53 Å². The molecule has 1 heterocycles. The first kappa shape index (κ1) is 12.5. The molecule has 0 bridgehead atoms. The van der Waals surface area contributed by atoms with E-state index in [9.17, 15) is 9.90 Å². The van der Waals surface area contributed by atoms with Crippen molar-refractivity contribution in [2.45, 2.75) is 38.7 Å². The molecule has 0 aromatic rings. The van der Waals surface area contributed by atoms with E-state index in [2.05, 4.69) is 5.32 Å². The lowest BCUT2D eigenvalue weighted by atomic mass is 9.80. The Kier molecular flexibility index (Phi) is 3.73. The topological polar surface area (TPSA) is 58.6 Å². The molecule has 4 heteroatoms. The number of aliphatic carboxylic acids is 1. The third-order valence-electron chi connectivity index (χ3n) is 3.46. The highest BCUT2D eigenvalue weighted by molar-refractivity contribution is 5.75. The van der Waals surface area contributed by atoms with Gasteiger partial charge in [-0.1, -0.05) is 0 Å². The van der Waals surface area contributed by atoms with Gasteiger partial charge in [0.15, 0.2) is 0 Å². The number of carboxylic acid groups (broad SMARTS) is 1. The lowest BCUT2D eigenvalue weighted by Gasteiger charge is -2.29. The van der Waals surface area contributed by atoms with Gasteiger partial charge in [-0.2, -0.15) is 0 Å². The Bertz CT molecular complexity index is 232. The summed E-state index contributed by atoms with van der Waals surface area (Å²) in [5, 5.41) is 12.4. The molecule has 1 saturated heterocycles. The molecule has 0 aromatic heterocycles. The zero-order valence-corrected chi connectivity index (χ0v) is 9.80. The van der Waals surface area contributed by atoms with Crippen molar-refractivity contribution in [3.05, 3.63) is 0 Å². The van der Waals surface area contributed by atoms with Crippen LogP contribution in [0.15, 0.2) is 0 Å². The van der Waals surface area contributed by atoms with Crippen LogP contribution >= 0.6 is 0 Å². The first-order valence-corrected chi connectivity index (χ1v) is 5.41. The molecule has 1 fully saturated rings. The molecule has 2 N–H and O–H groups in total. The van der Waals surface area contributed by atoms with E-state index in [1.54, 1.807) is 7.11 Å². The minimum Gasteiger partial charge on any atom is -0.481 e. The smallest absolute Gasteiger partial charge is 0.310 e. The molecule has 88 valence electrons. The number of methoxy groups -OCH3 is 1. The van der Waals surface area contributed by atoms with E-state index in [4.69, 9.17) is 4.74 Å². The number of nitrogens with one attached hydrogen (secondary N) is 1. The lowest BCUT2D eigenvalue weighted by Crippen LogP contribution is -2.36. The molecule has 0 amide bonds. The standard InChI is InChI=1S/C11H21NO3/c1-10(2,15-3)4-5-11(9(13)14)6-7-12-8-11/h12H,4-8H2,1-3H3,(H,13,14). The summed E-state index contributed by atoms with van der Waals surface area (Å²) in [5.41, 5.74) is -0.805. The number of rotatable bonds is 5. The molecular weight excluding hydrogens is 194 g/mol. The van der Waals surface area contributed by atoms with Crippen LogP contribution in [0.25, 0.3) is 0 Å². The maximum atomic E-state index is 11.2. The zero-order valence-electron chi connectivity index (χ0n) is 9.80. The first-order valence-electron chi connectivity index (χ1n) is 5.41. The molecule has 1 aliphatic heterocycles. The van der Waals surface area contributed by atoms with Crippen LogP contribution in [0.4, 0.5) is 0 Å². The van der Waals surface area contributed by atoms with Gasteiger partial charge in [0.2, 0.25) is 0 Å². The summed E-state index contributed by atoms with van der Waals surface area (Å²) in [6.07, 6.45) is 2.18. The summed E-state index contributed by atoms with van der Waals surface area (Å²) in [4.78, 5) is 11.2. The molecule has 1 unspecified atom stereocenters. The van der Waals surface area contributed by atoms with Crippen LogP contribution in [0.5, 0.6) is 0 Å². The molecule has 0 radical (unpaired) electrons. The monoisotopic (exact) mass is 215 g/mol. The van der Waals surface area contributed by atoms with Crippen molar-refractivity contribution in [3.63, 3.8) is 0 Å². The van der Waals surface area contributed by atoms with Crippen LogP contribution in [0, 0.1) is 5.41 Å². The summed E-state index contributed by atoms with van der Waals surface area (Å²) < 4.78 is 5.31. The van der Waals surface area contributed by atoms with Gasteiger partial charge in [0.1, 0.15) is 0 Å². The summed E-state index contributed by atoms with van der Waals surface area (Å²) in [7, 11) is 1.67. The van der Waals surface area contributed by atoms with Crippen molar-refractivity contribution in [1.82, 2.24) is 5.32 Å². The second-order valence-electron chi connectivity index (χ2n) is 4.98. The maximum Gasteiger partial charge on any atom is 0.310 e. The number of carboxylic acids is 1. The van der Waals surface area contributed by atoms with Crippen molar-refractivity contribution < 1.29 is 14.6 Å². The van der Waals surface area contributed by atoms with E-state index in [1.165, 1.54) is 0 Å². The van der Waals surface area contributed by atoms with E-state index >= 15 is 0 Å². The normalized spacial score (nSPS) is 26.9. The Labute approximate surface area is 91.0 Å². The van der Waals surface area contributed by atoms with Crippen LogP contribution in [0.1, 0.15) is 33.1 Å². The van der Waals surface area contributed by atoms with Gasteiger partial charge in [0.05, 0.1) is 11.0 Å². The Morgan fingerprint density at radius 2 is 2.27 bits per heavy atom. The largest absolute Gasteiger partial charge is 0.481 e. The fourth-order valence-electron chi connectivity index (χ4n) is 1.89. The SMILES string of the molecule is COC(C)(C)CCC1(C(=O)O)CCNC1. The third kappa shape index (κ3) is 2.92. The Hall–Kier alpha value is -0.610. The van der Waals surface area contributed by atoms with E-state index < -0.39 is 11.4 Å². The Balaban J connectivity index is 2.57. The van der Waals surface area contributed by atoms with E-state index in [0.717, 1.165) is 19.4 Å². The van der Waals surface area contributed by atoms with Crippen molar-refractivity contribution in [2.24, 2.45) is 5.41 Å². The number of carbonyl (C=O) groups is 1. The summed E-state index contributed by atoms with van der Waals surface area (Å²) in [5.74, 6) is -0.681. The van der Waals surface area contributed by atoms with Crippen molar-refractivity contribution in [1.29, 1.82) is 0 Å². The van der Waals surface area contributed by atoms with Crippen molar-refractivity contribution in [3.8, 4) is 0 Å². The first-order chi connectivity index (χ1) is 6.92. The number of hydrogen-bond acceptors (Lipinski definition) is 3. The number of hydrogen-bond donors (Lipinski definition) is 2. The van der Waals surface area contributed by atoms with Gasteiger partial charge in [-0.25, -0.2) is 0 Å². The van der Waals surface area contributed by atoms with Gasteiger partial charge >= 0.3 is 5.97 Å². The molecule has 0 aliphatic carbocycles. The van der Waals surface area contributed by atoms with Crippen LogP contribution in [0.3, 0.4) is 0 Å². The molecular formula is C11H21NO3. The van der Waals surface area contributed by atoms with Crippen LogP contribution in [0.2, 0.25) is 0 Å². The Morgan fingerprint density at radius 1 is 1.60 bits per heavy atom. The molecule has 15 heavy (non-hydrogen) atoms. The third-order valence-corrected chi connectivity index (χ3v) is 3.46. The minimum absolute atomic E-state index is 0.231. The quantitative estimate of drug-likeness (QED) is 0.724. The van der Waals surface area contributed by atoms with Gasteiger partial charge in [-0.15, -0.1) is 0 Å². The summed E-state index contributed by atoms with van der Waals surface area (Å²) in [6.45, 7) is 5.37. The second kappa shape index (κ2) is 4.49. The van der Waals surface area contributed by atoms with Gasteiger partial charge in [-0.05, 0) is 39.7 Å². The van der Waals surface area contributed by atoms with Gasteiger partial charge < -0.3 is 15.2 Å². The fourth-order valence-corrected chi connectivity index (χ4v) is 1.89. The molecule has 0 spiro atoms. The van der Waals surface area contributed by atoms with E-state index in [0.29, 0.717) is 13.0 Å². The average molecular weight is 215 g/mol.